The highest BCUT2D eigenvalue weighted by Crippen LogP contribution is 2.33. The molecule has 0 saturated heterocycles. The number of nitrogens with two attached hydrogens (primary N) is 1. The van der Waals surface area contributed by atoms with Gasteiger partial charge in [0.05, 0.1) is 16.1 Å². The normalized spacial score (nSPS) is 14.0. The predicted molar refractivity (Wildman–Crippen MR) is 110 cm³/mol. The van der Waals surface area contributed by atoms with E-state index in [1.165, 1.54) is 24.3 Å². The summed E-state index contributed by atoms with van der Waals surface area (Å²) < 4.78 is 39.7. The summed E-state index contributed by atoms with van der Waals surface area (Å²) in [7, 11) is 0. The number of halogens is 3. The number of nitrogens with zero attached hydrogens (tertiary/aromatic N) is 2. The molecular formula is C21H22F3N3OS. The summed E-state index contributed by atoms with van der Waals surface area (Å²) in [5, 5.41) is 1.88. The largest absolute Gasteiger partial charge is 0.416 e. The Hall–Kier alpha value is -2.61. The van der Waals surface area contributed by atoms with E-state index >= 15 is 0 Å². The zero-order chi connectivity index (χ0) is 21.2. The minimum Gasteiger partial charge on any atom is -0.387 e. The third-order valence-electron chi connectivity index (χ3n) is 4.65. The van der Waals surface area contributed by atoms with E-state index in [1.807, 2.05) is 18.4 Å². The lowest BCUT2D eigenvalue weighted by Gasteiger charge is -2.24. The summed E-state index contributed by atoms with van der Waals surface area (Å²) in [6.45, 7) is 3.88. The quantitative estimate of drug-likeness (QED) is 0.713. The Kier molecular flexibility index (Phi) is 6.12. The molecule has 2 N–H and O–H groups in total. The van der Waals surface area contributed by atoms with Gasteiger partial charge in [-0.15, -0.1) is 11.3 Å². The summed E-state index contributed by atoms with van der Waals surface area (Å²) in [6, 6.07) is 6.04. The van der Waals surface area contributed by atoms with E-state index in [2.05, 4.69) is 4.99 Å². The number of aliphatic imine (C=N–C) groups is 1. The van der Waals surface area contributed by atoms with Gasteiger partial charge in [-0.05, 0) is 48.1 Å². The second kappa shape index (κ2) is 8.41. The number of amidine groups is 1. The SMILES string of the molecule is CCCN(Cc1ccc(C)c(C(F)(F)F)c1)C(=O)C1=Cc2sccc2N=C(N)C1. The lowest BCUT2D eigenvalue weighted by molar-refractivity contribution is -0.138. The third kappa shape index (κ3) is 4.87. The number of aryl methyl sites for hydroxylation is 1. The lowest BCUT2D eigenvalue weighted by atomic mass is 10.0. The molecule has 2 heterocycles. The topological polar surface area (TPSA) is 58.7 Å². The van der Waals surface area contributed by atoms with Crippen LogP contribution in [0.15, 0.2) is 40.2 Å². The van der Waals surface area contributed by atoms with E-state index in [9.17, 15) is 18.0 Å². The fourth-order valence-electron chi connectivity index (χ4n) is 3.27. The number of carbonyl (C=O) groups is 1. The Labute approximate surface area is 171 Å². The van der Waals surface area contributed by atoms with Gasteiger partial charge in [0.1, 0.15) is 5.84 Å². The molecule has 1 aromatic carbocycles. The van der Waals surface area contributed by atoms with Gasteiger partial charge in [-0.2, -0.15) is 13.2 Å². The first-order chi connectivity index (χ1) is 13.7. The minimum absolute atomic E-state index is 0.0989. The van der Waals surface area contributed by atoms with Gasteiger partial charge in [-0.3, -0.25) is 4.79 Å². The van der Waals surface area contributed by atoms with Crippen LogP contribution in [0.25, 0.3) is 6.08 Å². The molecule has 1 aliphatic rings. The van der Waals surface area contributed by atoms with Gasteiger partial charge in [-0.25, -0.2) is 4.99 Å². The van der Waals surface area contributed by atoms with E-state index in [1.54, 1.807) is 17.0 Å². The van der Waals surface area contributed by atoms with E-state index in [0.29, 0.717) is 29.9 Å². The zero-order valence-electron chi connectivity index (χ0n) is 16.2. The van der Waals surface area contributed by atoms with Gasteiger partial charge in [0.15, 0.2) is 0 Å². The van der Waals surface area contributed by atoms with Gasteiger partial charge < -0.3 is 10.6 Å². The fraction of sp³-hybridized carbons (Fsp3) is 0.333. The maximum absolute atomic E-state index is 13.2. The number of amides is 1. The van der Waals surface area contributed by atoms with Crippen LogP contribution in [-0.2, 0) is 17.5 Å². The molecular weight excluding hydrogens is 399 g/mol. The van der Waals surface area contributed by atoms with Crippen LogP contribution in [0.3, 0.4) is 0 Å². The second-order valence-corrected chi connectivity index (χ2v) is 7.94. The van der Waals surface area contributed by atoms with Crippen LogP contribution in [0, 0.1) is 6.92 Å². The number of hydrogen-bond donors (Lipinski definition) is 1. The molecule has 0 aliphatic carbocycles. The van der Waals surface area contributed by atoms with E-state index in [4.69, 9.17) is 5.73 Å². The summed E-state index contributed by atoms with van der Waals surface area (Å²) in [5.74, 6) is 0.105. The molecule has 2 aromatic rings. The number of benzene rings is 1. The molecule has 4 nitrogen and oxygen atoms in total. The maximum Gasteiger partial charge on any atom is 0.416 e. The molecule has 0 spiro atoms. The van der Waals surface area contributed by atoms with Crippen LogP contribution in [0.1, 0.15) is 41.3 Å². The van der Waals surface area contributed by atoms with Gasteiger partial charge in [0.25, 0.3) is 5.91 Å². The average molecular weight is 421 g/mol. The fourth-order valence-corrected chi connectivity index (χ4v) is 4.06. The van der Waals surface area contributed by atoms with Gasteiger partial charge in [0.2, 0.25) is 0 Å². The Morgan fingerprint density at radius 3 is 2.76 bits per heavy atom. The minimum atomic E-state index is -4.43. The van der Waals surface area contributed by atoms with Crippen molar-refractivity contribution >= 4 is 34.8 Å². The Morgan fingerprint density at radius 1 is 1.31 bits per heavy atom. The molecule has 3 rings (SSSR count). The molecule has 0 fully saturated rings. The molecule has 154 valence electrons. The van der Waals surface area contributed by atoms with Gasteiger partial charge in [0, 0.05) is 25.1 Å². The molecule has 0 atom stereocenters. The Balaban J connectivity index is 1.89. The first kappa shape index (κ1) is 21.1. The number of hydrogen-bond acceptors (Lipinski definition) is 4. The first-order valence-corrected chi connectivity index (χ1v) is 10.1. The highest BCUT2D eigenvalue weighted by molar-refractivity contribution is 7.11. The molecule has 29 heavy (non-hydrogen) atoms. The molecule has 0 radical (unpaired) electrons. The Bertz CT molecular complexity index is 976. The zero-order valence-corrected chi connectivity index (χ0v) is 17.0. The van der Waals surface area contributed by atoms with Crippen molar-refractivity contribution in [3.8, 4) is 0 Å². The molecule has 0 saturated carbocycles. The maximum atomic E-state index is 13.2. The van der Waals surface area contributed by atoms with Crippen LogP contribution in [0.4, 0.5) is 18.9 Å². The molecule has 1 aromatic heterocycles. The molecule has 1 aliphatic heterocycles. The molecule has 8 heteroatoms. The monoisotopic (exact) mass is 421 g/mol. The first-order valence-electron chi connectivity index (χ1n) is 9.26. The molecule has 0 bridgehead atoms. The number of carbonyl (C=O) groups excluding carboxylic acids is 1. The number of thiophene rings is 1. The third-order valence-corrected chi connectivity index (χ3v) is 5.50. The second-order valence-electron chi connectivity index (χ2n) is 6.99. The van der Waals surface area contributed by atoms with Crippen molar-refractivity contribution in [1.29, 1.82) is 0 Å². The van der Waals surface area contributed by atoms with Crippen molar-refractivity contribution in [3.63, 3.8) is 0 Å². The number of fused-ring (bicyclic) bond motifs is 1. The summed E-state index contributed by atoms with van der Waals surface area (Å²) in [4.78, 5) is 19.9. The molecule has 1 amide bonds. The molecule has 0 unspecified atom stereocenters. The summed E-state index contributed by atoms with van der Waals surface area (Å²) in [5.41, 5.74) is 7.11. The van der Waals surface area contributed by atoms with Crippen molar-refractivity contribution in [2.75, 3.05) is 6.54 Å². The van der Waals surface area contributed by atoms with Crippen molar-refractivity contribution in [1.82, 2.24) is 4.90 Å². The van der Waals surface area contributed by atoms with Crippen molar-refractivity contribution in [2.45, 2.75) is 39.4 Å². The van der Waals surface area contributed by atoms with Gasteiger partial charge >= 0.3 is 6.18 Å². The van der Waals surface area contributed by atoms with Gasteiger partial charge in [-0.1, -0.05) is 19.1 Å². The van der Waals surface area contributed by atoms with E-state index in [-0.39, 0.29) is 24.4 Å². The standard InChI is InChI=1S/C21H22F3N3OS/c1-3-7-27(12-14-5-4-13(2)16(9-14)21(22,23)24)20(28)15-10-18-17(6-8-29-18)26-19(25)11-15/h4-6,8-10H,3,7,11-12H2,1-2H3,(H2,25,26). The van der Waals surface area contributed by atoms with Crippen LogP contribution < -0.4 is 5.73 Å². The lowest BCUT2D eigenvalue weighted by Crippen LogP contribution is -2.33. The number of rotatable bonds is 5. The van der Waals surface area contributed by atoms with Crippen LogP contribution >= 0.6 is 11.3 Å². The summed E-state index contributed by atoms with van der Waals surface area (Å²) >= 11 is 1.46. The number of alkyl halides is 3. The highest BCUT2D eigenvalue weighted by atomic mass is 32.1. The van der Waals surface area contributed by atoms with Crippen molar-refractivity contribution in [2.24, 2.45) is 10.7 Å². The van der Waals surface area contributed by atoms with E-state index in [0.717, 1.165) is 16.6 Å². The highest BCUT2D eigenvalue weighted by Gasteiger charge is 2.32. The van der Waals surface area contributed by atoms with Crippen molar-refractivity contribution in [3.05, 3.63) is 56.8 Å². The Morgan fingerprint density at radius 2 is 2.07 bits per heavy atom. The van der Waals surface area contributed by atoms with Crippen molar-refractivity contribution < 1.29 is 18.0 Å². The van der Waals surface area contributed by atoms with Crippen LogP contribution in [0.2, 0.25) is 0 Å². The van der Waals surface area contributed by atoms with Crippen LogP contribution in [0.5, 0.6) is 0 Å². The van der Waals surface area contributed by atoms with Crippen LogP contribution in [-0.4, -0.2) is 23.2 Å². The summed E-state index contributed by atoms with van der Waals surface area (Å²) in [6.07, 6.45) is -1.75. The smallest absolute Gasteiger partial charge is 0.387 e. The van der Waals surface area contributed by atoms with E-state index < -0.39 is 11.7 Å². The average Bonchev–Trinajstić information content (AvgIpc) is 3.00. The predicted octanol–water partition coefficient (Wildman–Crippen LogP) is 5.29.